The van der Waals surface area contributed by atoms with E-state index < -0.39 is 28.7 Å². The Morgan fingerprint density at radius 1 is 1.15 bits per heavy atom. The maximum absolute atomic E-state index is 14.0. The number of halogens is 3. The van der Waals surface area contributed by atoms with E-state index in [4.69, 9.17) is 0 Å². The second kappa shape index (κ2) is 6.90. The van der Waals surface area contributed by atoms with E-state index in [0.29, 0.717) is 26.0 Å². The van der Waals surface area contributed by atoms with Crippen molar-refractivity contribution < 1.29 is 17.4 Å². The number of hydrogen-bond donors (Lipinski definition) is 0. The molecule has 4 rings (SSSR count). The van der Waals surface area contributed by atoms with Gasteiger partial charge in [0.25, 0.3) is 6.43 Å². The van der Waals surface area contributed by atoms with Gasteiger partial charge >= 0.3 is 0 Å². The third-order valence-corrected chi connectivity index (χ3v) is 5.91. The van der Waals surface area contributed by atoms with Crippen molar-refractivity contribution >= 4 is 32.4 Å². The normalized spacial score (nSPS) is 12.8. The summed E-state index contributed by atoms with van der Waals surface area (Å²) in [5, 5.41) is 4.26. The molecule has 0 saturated carbocycles. The Morgan fingerprint density at radius 3 is 2.52 bits per heavy atom. The van der Waals surface area contributed by atoms with E-state index in [-0.39, 0.29) is 5.52 Å². The Hall–Kier alpha value is -2.52. The van der Waals surface area contributed by atoms with Crippen LogP contribution in [-0.2, 0) is 10.8 Å². The average molecular weight is 407 g/mol. The van der Waals surface area contributed by atoms with Crippen LogP contribution in [-0.4, -0.2) is 25.2 Å². The fourth-order valence-corrected chi connectivity index (χ4v) is 4.13. The quantitative estimate of drug-likeness (QED) is 0.480. The Balaban J connectivity index is 1.88. The lowest BCUT2D eigenvalue weighted by atomic mass is 10.1. The second-order valence-corrected chi connectivity index (χ2v) is 8.12. The number of para-hydroxylation sites is 1. The highest BCUT2D eigenvalue weighted by Crippen LogP contribution is 2.32. The Kier molecular flexibility index (Phi) is 4.56. The van der Waals surface area contributed by atoms with E-state index in [1.54, 1.807) is 42.7 Å². The number of thiazole rings is 1. The van der Waals surface area contributed by atoms with E-state index in [1.165, 1.54) is 16.8 Å². The summed E-state index contributed by atoms with van der Waals surface area (Å²) in [6.45, 7) is 0. The van der Waals surface area contributed by atoms with E-state index in [0.717, 1.165) is 11.3 Å². The summed E-state index contributed by atoms with van der Waals surface area (Å²) < 4.78 is 53.9. The number of aromatic nitrogens is 3. The van der Waals surface area contributed by atoms with Gasteiger partial charge in [0.2, 0.25) is 5.13 Å². The van der Waals surface area contributed by atoms with Crippen LogP contribution in [0.4, 0.5) is 13.2 Å². The minimum atomic E-state index is -2.75. The molecule has 9 heteroatoms. The van der Waals surface area contributed by atoms with Crippen molar-refractivity contribution in [3.05, 3.63) is 60.0 Å². The topological polar surface area (TPSA) is 47.8 Å². The first kappa shape index (κ1) is 17.9. The minimum absolute atomic E-state index is 0.175. The summed E-state index contributed by atoms with van der Waals surface area (Å²) >= 11 is 1.16. The van der Waals surface area contributed by atoms with Crippen molar-refractivity contribution in [2.75, 3.05) is 6.26 Å². The van der Waals surface area contributed by atoms with Gasteiger partial charge in [-0.25, -0.2) is 22.8 Å². The number of rotatable bonds is 4. The molecule has 0 amide bonds. The number of benzene rings is 2. The highest BCUT2D eigenvalue weighted by atomic mass is 32.2. The largest absolute Gasteiger partial charge is 0.282 e. The van der Waals surface area contributed by atoms with Gasteiger partial charge in [-0.1, -0.05) is 29.5 Å². The van der Waals surface area contributed by atoms with Crippen LogP contribution in [0.3, 0.4) is 0 Å². The van der Waals surface area contributed by atoms with Crippen molar-refractivity contribution in [1.29, 1.82) is 0 Å². The van der Waals surface area contributed by atoms with Gasteiger partial charge in [0.1, 0.15) is 17.0 Å². The van der Waals surface area contributed by atoms with Gasteiger partial charge in [0, 0.05) is 27.5 Å². The third-order valence-electron chi connectivity index (χ3n) is 3.97. The fourth-order valence-electron chi connectivity index (χ4n) is 2.67. The zero-order valence-electron chi connectivity index (χ0n) is 13.9. The number of fused-ring (bicyclic) bond motifs is 1. The molecular formula is C18H12F3N3OS2. The highest BCUT2D eigenvalue weighted by molar-refractivity contribution is 7.84. The summed E-state index contributed by atoms with van der Waals surface area (Å²) in [7, 11) is -1.14. The van der Waals surface area contributed by atoms with E-state index in [1.807, 2.05) is 0 Å². The predicted octanol–water partition coefficient (Wildman–Crippen LogP) is 4.96. The molecule has 0 saturated heterocycles. The first-order chi connectivity index (χ1) is 12.9. The molecule has 4 nitrogen and oxygen atoms in total. The smallest absolute Gasteiger partial charge is 0.255 e. The van der Waals surface area contributed by atoms with Crippen LogP contribution in [0.5, 0.6) is 0 Å². The summed E-state index contributed by atoms with van der Waals surface area (Å²) in [4.78, 5) is 4.86. The lowest BCUT2D eigenvalue weighted by Crippen LogP contribution is -1.99. The summed E-state index contributed by atoms with van der Waals surface area (Å²) in [6, 6.07) is 12.6. The van der Waals surface area contributed by atoms with Crippen LogP contribution in [0.1, 0.15) is 12.1 Å². The first-order valence-corrected chi connectivity index (χ1v) is 10.2. The maximum atomic E-state index is 14.0. The van der Waals surface area contributed by atoms with E-state index in [2.05, 4.69) is 10.1 Å². The van der Waals surface area contributed by atoms with Crippen LogP contribution in [0, 0.1) is 5.82 Å². The van der Waals surface area contributed by atoms with Gasteiger partial charge in [-0.05, 0) is 30.3 Å². The second-order valence-electron chi connectivity index (χ2n) is 5.73. The van der Waals surface area contributed by atoms with Crippen molar-refractivity contribution in [3.8, 4) is 16.4 Å². The molecular weight excluding hydrogens is 395 g/mol. The van der Waals surface area contributed by atoms with Gasteiger partial charge in [0.15, 0.2) is 0 Å². The number of hydrogen-bond acceptors (Lipinski definition) is 4. The van der Waals surface area contributed by atoms with Crippen LogP contribution >= 0.6 is 11.3 Å². The van der Waals surface area contributed by atoms with Crippen LogP contribution in [0.15, 0.2) is 53.4 Å². The van der Waals surface area contributed by atoms with Gasteiger partial charge < -0.3 is 0 Å². The maximum Gasteiger partial charge on any atom is 0.282 e. The molecule has 2 heterocycles. The molecule has 4 aromatic rings. The van der Waals surface area contributed by atoms with Gasteiger partial charge in [-0.2, -0.15) is 5.10 Å². The van der Waals surface area contributed by atoms with Crippen LogP contribution < -0.4 is 0 Å². The molecule has 0 aliphatic carbocycles. The van der Waals surface area contributed by atoms with E-state index >= 15 is 0 Å². The first-order valence-electron chi connectivity index (χ1n) is 7.81. The lowest BCUT2D eigenvalue weighted by molar-refractivity contribution is 0.145. The SMILES string of the molecule is CS(=O)c1ccc(-c2cc(C(F)F)nn2-c2nc3c(F)cccc3s2)cc1. The molecule has 2 aromatic carbocycles. The van der Waals surface area contributed by atoms with Crippen molar-refractivity contribution in [3.63, 3.8) is 0 Å². The lowest BCUT2D eigenvalue weighted by Gasteiger charge is -2.05. The standard InChI is InChI=1S/C18H12F3N3OS2/c1-27(25)11-7-5-10(6-8-11)14-9-13(17(20)21)23-24(14)18-22-16-12(19)3-2-4-15(16)26-18/h2-9,17H,1H3. The highest BCUT2D eigenvalue weighted by Gasteiger charge is 2.20. The minimum Gasteiger partial charge on any atom is -0.255 e. The molecule has 0 spiro atoms. The average Bonchev–Trinajstić information content (AvgIpc) is 3.27. The molecule has 0 aliphatic rings. The van der Waals surface area contributed by atoms with Crippen molar-refractivity contribution in [2.45, 2.75) is 11.3 Å². The summed E-state index contributed by atoms with van der Waals surface area (Å²) in [5.74, 6) is -0.479. The molecule has 2 aromatic heterocycles. The Bertz CT molecular complexity index is 1150. The summed E-state index contributed by atoms with van der Waals surface area (Å²) in [5.41, 5.74) is 0.795. The molecule has 0 radical (unpaired) electrons. The molecule has 0 aliphatic heterocycles. The van der Waals surface area contributed by atoms with Crippen LogP contribution in [0.2, 0.25) is 0 Å². The molecule has 0 bridgehead atoms. The third kappa shape index (κ3) is 3.28. The van der Waals surface area contributed by atoms with Crippen molar-refractivity contribution in [2.24, 2.45) is 0 Å². The molecule has 138 valence electrons. The monoisotopic (exact) mass is 407 g/mol. The van der Waals surface area contributed by atoms with Crippen LogP contribution in [0.25, 0.3) is 26.6 Å². The van der Waals surface area contributed by atoms with E-state index in [9.17, 15) is 17.4 Å². The fraction of sp³-hybridized carbons (Fsp3) is 0.111. The molecule has 1 atom stereocenters. The molecule has 0 fully saturated rings. The zero-order valence-corrected chi connectivity index (χ0v) is 15.5. The number of nitrogens with zero attached hydrogens (tertiary/aromatic N) is 3. The Morgan fingerprint density at radius 2 is 1.89 bits per heavy atom. The van der Waals surface area contributed by atoms with Crippen molar-refractivity contribution in [1.82, 2.24) is 14.8 Å². The molecule has 1 unspecified atom stereocenters. The van der Waals surface area contributed by atoms with Gasteiger partial charge in [-0.15, -0.1) is 0 Å². The number of alkyl halides is 2. The zero-order chi connectivity index (χ0) is 19.1. The van der Waals surface area contributed by atoms with Gasteiger partial charge in [0.05, 0.1) is 10.4 Å². The van der Waals surface area contributed by atoms with Gasteiger partial charge in [-0.3, -0.25) is 4.21 Å². The molecule has 27 heavy (non-hydrogen) atoms. The molecule has 0 N–H and O–H groups in total. The Labute approximate surface area is 158 Å². The predicted molar refractivity (Wildman–Crippen MR) is 99.4 cm³/mol. The summed E-state index contributed by atoms with van der Waals surface area (Å²) in [6.07, 6.45) is -1.19.